The minimum absolute atomic E-state index is 0.244. The van der Waals surface area contributed by atoms with Gasteiger partial charge in [0, 0.05) is 30.9 Å². The monoisotopic (exact) mass is 356 g/mol. The summed E-state index contributed by atoms with van der Waals surface area (Å²) in [6, 6.07) is 0.536. The van der Waals surface area contributed by atoms with Gasteiger partial charge >= 0.3 is 0 Å². The number of rotatable bonds is 5. The molecule has 4 heterocycles. The van der Waals surface area contributed by atoms with Crippen molar-refractivity contribution >= 4 is 16.9 Å². The molecule has 0 aromatic carbocycles. The predicted octanol–water partition coefficient (Wildman–Crippen LogP) is 1.27. The molecule has 1 saturated heterocycles. The number of imidazole rings is 1. The van der Waals surface area contributed by atoms with Gasteiger partial charge in [-0.3, -0.25) is 4.98 Å². The lowest BCUT2D eigenvalue weighted by Gasteiger charge is -2.29. The fraction of sp³-hybridized carbons (Fsp3) is 0.529. The molecule has 0 atom stereocenters. The van der Waals surface area contributed by atoms with Gasteiger partial charge in [-0.2, -0.15) is 0 Å². The van der Waals surface area contributed by atoms with Crippen LogP contribution in [0.4, 0.5) is 5.82 Å². The van der Waals surface area contributed by atoms with E-state index in [9.17, 15) is 0 Å². The quantitative estimate of drug-likeness (QED) is 0.703. The van der Waals surface area contributed by atoms with Crippen molar-refractivity contribution in [3.05, 3.63) is 18.0 Å². The molecule has 9 heteroatoms. The maximum atomic E-state index is 5.87. The first-order valence-electron chi connectivity index (χ1n) is 9.00. The molecular formula is C17H24N8O. The fourth-order valence-electron chi connectivity index (χ4n) is 3.59. The number of hydrogen-bond acceptors (Lipinski definition) is 8. The van der Waals surface area contributed by atoms with E-state index in [1.54, 1.807) is 6.20 Å². The van der Waals surface area contributed by atoms with Gasteiger partial charge in [-0.1, -0.05) is 0 Å². The van der Waals surface area contributed by atoms with E-state index in [0.717, 1.165) is 42.8 Å². The van der Waals surface area contributed by atoms with E-state index in [0.29, 0.717) is 17.6 Å². The van der Waals surface area contributed by atoms with Crippen molar-refractivity contribution in [2.45, 2.75) is 38.9 Å². The Morgan fingerprint density at radius 3 is 2.77 bits per heavy atom. The smallest absolute Gasteiger partial charge is 0.199 e. The first-order chi connectivity index (χ1) is 12.7. The van der Waals surface area contributed by atoms with E-state index in [4.69, 9.17) is 10.4 Å². The minimum atomic E-state index is 0.244. The van der Waals surface area contributed by atoms with E-state index in [1.165, 1.54) is 12.8 Å². The fourth-order valence-corrected chi connectivity index (χ4v) is 3.59. The molecule has 0 saturated carbocycles. The first-order valence-corrected chi connectivity index (χ1v) is 9.00. The number of nitrogens with zero attached hydrogens (tertiary/aromatic N) is 6. The second-order valence-electron chi connectivity index (χ2n) is 6.80. The largest absolute Gasteiger partial charge is 0.379 e. The Morgan fingerprint density at radius 1 is 1.27 bits per heavy atom. The third-order valence-electron chi connectivity index (χ3n) is 5.07. The van der Waals surface area contributed by atoms with Gasteiger partial charge in [0.05, 0.1) is 11.7 Å². The lowest BCUT2D eigenvalue weighted by atomic mass is 10.1. The summed E-state index contributed by atoms with van der Waals surface area (Å²) < 4.78 is 6.85. The molecule has 26 heavy (non-hydrogen) atoms. The number of pyridine rings is 1. The van der Waals surface area contributed by atoms with E-state index in [2.05, 4.69) is 49.0 Å². The third-order valence-corrected chi connectivity index (χ3v) is 5.07. The van der Waals surface area contributed by atoms with Crippen molar-refractivity contribution < 1.29 is 4.63 Å². The molecule has 0 amide bonds. The normalized spacial score (nSPS) is 16.5. The maximum Gasteiger partial charge on any atom is 0.199 e. The molecule has 0 bridgehead atoms. The van der Waals surface area contributed by atoms with Gasteiger partial charge in [-0.05, 0) is 50.2 Å². The molecule has 138 valence electrons. The molecule has 0 aliphatic carbocycles. The number of likely N-dealkylation sites (tertiary alicyclic amines) is 1. The zero-order valence-corrected chi connectivity index (χ0v) is 15.1. The Morgan fingerprint density at radius 2 is 2.08 bits per heavy atom. The Labute approximate surface area is 151 Å². The average molecular weight is 356 g/mol. The van der Waals surface area contributed by atoms with E-state index in [1.807, 2.05) is 6.20 Å². The van der Waals surface area contributed by atoms with Gasteiger partial charge in [-0.25, -0.2) is 9.61 Å². The average Bonchev–Trinajstić information content (AvgIpc) is 3.24. The Hall–Kier alpha value is -2.52. The highest BCUT2D eigenvalue weighted by molar-refractivity contribution is 5.83. The van der Waals surface area contributed by atoms with Crippen LogP contribution in [-0.4, -0.2) is 55.9 Å². The molecule has 1 fully saturated rings. The van der Waals surface area contributed by atoms with Gasteiger partial charge in [0.15, 0.2) is 17.3 Å². The Kier molecular flexibility index (Phi) is 4.56. The van der Waals surface area contributed by atoms with Gasteiger partial charge in [0.1, 0.15) is 5.52 Å². The van der Waals surface area contributed by atoms with Gasteiger partial charge in [0.2, 0.25) is 0 Å². The van der Waals surface area contributed by atoms with Crippen LogP contribution in [0.3, 0.4) is 0 Å². The number of aryl methyl sites for hydroxylation is 1. The highest BCUT2D eigenvalue weighted by Gasteiger charge is 2.21. The number of fused-ring (bicyclic) bond motifs is 1. The van der Waals surface area contributed by atoms with Crippen molar-refractivity contribution in [3.63, 3.8) is 0 Å². The Bertz CT molecular complexity index is 893. The van der Waals surface area contributed by atoms with E-state index >= 15 is 0 Å². The summed E-state index contributed by atoms with van der Waals surface area (Å²) in [6.07, 6.45) is 6.01. The number of nitrogens with one attached hydrogen (secondary N) is 1. The van der Waals surface area contributed by atoms with E-state index in [-0.39, 0.29) is 5.82 Å². The zero-order chi connectivity index (χ0) is 18.1. The van der Waals surface area contributed by atoms with Gasteiger partial charge in [-0.15, -0.1) is 0 Å². The molecule has 3 aromatic heterocycles. The molecule has 0 unspecified atom stereocenters. The molecule has 9 nitrogen and oxygen atoms in total. The number of aromatic nitrogens is 5. The molecular weight excluding hydrogens is 332 g/mol. The SMILES string of the molecule is CCn1c(-c2nonc2N)nc2cncc(CNC3CCN(C)CC3)c21. The zero-order valence-electron chi connectivity index (χ0n) is 15.1. The summed E-state index contributed by atoms with van der Waals surface area (Å²) in [5.74, 6) is 0.906. The maximum absolute atomic E-state index is 5.87. The third kappa shape index (κ3) is 3.04. The highest BCUT2D eigenvalue weighted by atomic mass is 16.6. The lowest BCUT2D eigenvalue weighted by molar-refractivity contribution is 0.234. The van der Waals surface area contributed by atoms with E-state index < -0.39 is 0 Å². The standard InChI is InChI=1S/C17H24N8O/c1-3-25-15-11(9-20-12-4-6-24(2)7-5-12)8-19-10-13(15)21-17(25)14-16(18)23-26-22-14/h8,10,12,20H,3-7,9H2,1-2H3,(H2,18,23). The molecule has 1 aliphatic heterocycles. The van der Waals surface area contributed by atoms with Gasteiger partial charge < -0.3 is 20.5 Å². The topological polar surface area (TPSA) is 111 Å². The lowest BCUT2D eigenvalue weighted by Crippen LogP contribution is -2.40. The molecule has 3 aromatic rings. The molecule has 4 rings (SSSR count). The van der Waals surface area contributed by atoms with Crippen LogP contribution in [0.1, 0.15) is 25.3 Å². The van der Waals surface area contributed by atoms with Crippen molar-refractivity contribution in [1.29, 1.82) is 0 Å². The van der Waals surface area contributed by atoms with Crippen LogP contribution in [0.25, 0.3) is 22.6 Å². The Balaban J connectivity index is 1.65. The van der Waals surface area contributed by atoms with Crippen LogP contribution >= 0.6 is 0 Å². The number of nitrogens with two attached hydrogens (primary N) is 1. The highest BCUT2D eigenvalue weighted by Crippen LogP contribution is 2.28. The van der Waals surface area contributed by atoms with Crippen molar-refractivity contribution in [1.82, 2.24) is 35.1 Å². The first kappa shape index (κ1) is 16.9. The number of hydrogen-bond donors (Lipinski definition) is 2. The summed E-state index contributed by atoms with van der Waals surface area (Å²) in [5.41, 5.74) is 9.34. The summed E-state index contributed by atoms with van der Waals surface area (Å²) in [7, 11) is 2.17. The number of anilines is 1. The molecule has 3 N–H and O–H groups in total. The molecule has 1 aliphatic rings. The summed E-state index contributed by atoms with van der Waals surface area (Å²) in [5, 5.41) is 11.3. The van der Waals surface area contributed by atoms with Crippen LogP contribution < -0.4 is 11.1 Å². The predicted molar refractivity (Wildman–Crippen MR) is 98.3 cm³/mol. The van der Waals surface area contributed by atoms with Crippen LogP contribution in [0.5, 0.6) is 0 Å². The summed E-state index contributed by atoms with van der Waals surface area (Å²) >= 11 is 0. The number of piperidine rings is 1. The second-order valence-corrected chi connectivity index (χ2v) is 6.80. The van der Waals surface area contributed by atoms with Crippen LogP contribution in [0.2, 0.25) is 0 Å². The van der Waals surface area contributed by atoms with Crippen LogP contribution in [-0.2, 0) is 13.1 Å². The van der Waals surface area contributed by atoms with Crippen molar-refractivity contribution in [2.75, 3.05) is 25.9 Å². The minimum Gasteiger partial charge on any atom is -0.379 e. The molecule has 0 radical (unpaired) electrons. The van der Waals surface area contributed by atoms with Crippen LogP contribution in [0, 0.1) is 0 Å². The van der Waals surface area contributed by atoms with Crippen molar-refractivity contribution in [2.24, 2.45) is 0 Å². The second kappa shape index (κ2) is 7.00. The summed E-state index contributed by atoms with van der Waals surface area (Å²) in [6.45, 7) is 5.84. The number of nitrogen functional groups attached to an aromatic ring is 1. The summed E-state index contributed by atoms with van der Waals surface area (Å²) in [4.78, 5) is 11.4. The van der Waals surface area contributed by atoms with Crippen LogP contribution in [0.15, 0.2) is 17.0 Å². The van der Waals surface area contributed by atoms with Gasteiger partial charge in [0.25, 0.3) is 0 Å². The van der Waals surface area contributed by atoms with Crippen molar-refractivity contribution in [3.8, 4) is 11.5 Å². The molecule has 0 spiro atoms.